The number of hydrogen-bond donors (Lipinski definition) is 1. The van der Waals surface area contributed by atoms with Gasteiger partial charge >= 0.3 is 0 Å². The van der Waals surface area contributed by atoms with Gasteiger partial charge in [0.25, 0.3) is 0 Å². The topological polar surface area (TPSA) is 70.1 Å². The average molecular weight is 299 g/mol. The fourth-order valence-electron chi connectivity index (χ4n) is 2.60. The van der Waals surface area contributed by atoms with Crippen LogP contribution in [0.3, 0.4) is 0 Å². The number of aromatic nitrogens is 4. The molecular weight excluding hydrogens is 278 g/mol. The zero-order valence-corrected chi connectivity index (χ0v) is 13.0. The summed E-state index contributed by atoms with van der Waals surface area (Å²) in [4.78, 5) is 21.2. The molecule has 1 aliphatic rings. The van der Waals surface area contributed by atoms with Crippen LogP contribution in [-0.4, -0.2) is 58.1 Å². The number of nitrogens with one attached hydrogen (secondary N) is 1. The third-order valence-corrected chi connectivity index (χ3v) is 3.70. The van der Waals surface area contributed by atoms with E-state index < -0.39 is 0 Å². The monoisotopic (exact) mass is 299 g/mol. The van der Waals surface area contributed by atoms with E-state index in [-0.39, 0.29) is 0 Å². The number of nitrogens with zero attached hydrogens (tertiary/aromatic N) is 6. The van der Waals surface area contributed by atoms with Crippen molar-refractivity contribution in [1.29, 1.82) is 0 Å². The Morgan fingerprint density at radius 1 is 1.27 bits per heavy atom. The molecule has 1 unspecified atom stereocenters. The Kier molecular flexibility index (Phi) is 4.43. The smallest absolute Gasteiger partial charge is 0.224 e. The Morgan fingerprint density at radius 3 is 2.77 bits per heavy atom. The maximum Gasteiger partial charge on any atom is 0.224 e. The van der Waals surface area contributed by atoms with E-state index in [0.717, 1.165) is 43.4 Å². The first-order valence-electron chi connectivity index (χ1n) is 7.44. The van der Waals surface area contributed by atoms with Crippen molar-refractivity contribution in [2.75, 3.05) is 37.4 Å². The van der Waals surface area contributed by atoms with Crippen molar-refractivity contribution in [3.05, 3.63) is 36.5 Å². The fourth-order valence-corrected chi connectivity index (χ4v) is 2.60. The minimum Gasteiger partial charge on any atom is -0.366 e. The van der Waals surface area contributed by atoms with Crippen LogP contribution in [0, 0.1) is 0 Å². The molecule has 1 saturated heterocycles. The van der Waals surface area contributed by atoms with Crippen molar-refractivity contribution >= 4 is 11.8 Å². The van der Waals surface area contributed by atoms with Gasteiger partial charge < -0.3 is 10.2 Å². The van der Waals surface area contributed by atoms with Crippen LogP contribution >= 0.6 is 0 Å². The second-order valence-electron chi connectivity index (χ2n) is 5.75. The highest BCUT2D eigenvalue weighted by Crippen LogP contribution is 2.16. The number of hydrogen-bond acceptors (Lipinski definition) is 7. The minimum absolute atomic E-state index is 0.428. The van der Waals surface area contributed by atoms with Gasteiger partial charge in [-0.15, -0.1) is 0 Å². The summed E-state index contributed by atoms with van der Waals surface area (Å²) in [5.74, 6) is 1.63. The Hall–Kier alpha value is -2.28. The van der Waals surface area contributed by atoms with Gasteiger partial charge in [-0.05, 0) is 12.5 Å². The molecule has 3 rings (SSSR count). The molecule has 116 valence electrons. The second kappa shape index (κ2) is 6.65. The summed E-state index contributed by atoms with van der Waals surface area (Å²) < 4.78 is 0. The lowest BCUT2D eigenvalue weighted by atomic mass is 10.2. The van der Waals surface area contributed by atoms with Gasteiger partial charge in [-0.1, -0.05) is 0 Å². The number of rotatable bonds is 5. The van der Waals surface area contributed by atoms with Crippen LogP contribution in [0.25, 0.3) is 0 Å². The highest BCUT2D eigenvalue weighted by molar-refractivity contribution is 5.33. The van der Waals surface area contributed by atoms with Crippen molar-refractivity contribution in [1.82, 2.24) is 24.8 Å². The zero-order chi connectivity index (χ0) is 15.4. The fraction of sp³-hybridized carbons (Fsp3) is 0.467. The third kappa shape index (κ3) is 3.67. The minimum atomic E-state index is 0.428. The summed E-state index contributed by atoms with van der Waals surface area (Å²) in [6, 6.07) is 2.33. The lowest BCUT2D eigenvalue weighted by Gasteiger charge is -2.17. The van der Waals surface area contributed by atoms with E-state index in [1.54, 1.807) is 12.5 Å². The maximum atomic E-state index is 4.36. The second-order valence-corrected chi connectivity index (χ2v) is 5.75. The van der Waals surface area contributed by atoms with Crippen LogP contribution in [0.5, 0.6) is 0 Å². The van der Waals surface area contributed by atoms with Crippen molar-refractivity contribution in [2.45, 2.75) is 19.0 Å². The van der Waals surface area contributed by atoms with E-state index in [2.05, 4.69) is 30.2 Å². The molecule has 0 saturated carbocycles. The van der Waals surface area contributed by atoms with Crippen molar-refractivity contribution < 1.29 is 0 Å². The molecule has 0 radical (unpaired) electrons. The molecule has 1 fully saturated rings. The summed E-state index contributed by atoms with van der Waals surface area (Å²) in [7, 11) is 3.89. The SMILES string of the molecule is CN(C)c1ncc(CN2CCC(Nc3ccncn3)C2)cn1. The lowest BCUT2D eigenvalue weighted by Crippen LogP contribution is -2.26. The molecule has 2 aromatic rings. The van der Waals surface area contributed by atoms with E-state index in [4.69, 9.17) is 0 Å². The molecule has 3 heterocycles. The van der Waals surface area contributed by atoms with Gasteiger partial charge in [0.1, 0.15) is 12.1 Å². The van der Waals surface area contributed by atoms with Crippen molar-refractivity contribution in [3.63, 3.8) is 0 Å². The summed E-state index contributed by atoms with van der Waals surface area (Å²) in [6.45, 7) is 2.95. The van der Waals surface area contributed by atoms with Gasteiger partial charge in [-0.2, -0.15) is 0 Å². The van der Waals surface area contributed by atoms with Gasteiger partial charge in [0.15, 0.2) is 0 Å². The van der Waals surface area contributed by atoms with Crippen LogP contribution in [0.1, 0.15) is 12.0 Å². The van der Waals surface area contributed by atoms with Gasteiger partial charge in [0.05, 0.1) is 0 Å². The van der Waals surface area contributed by atoms with Gasteiger partial charge in [0, 0.05) is 63.9 Å². The Balaban J connectivity index is 1.52. The third-order valence-electron chi connectivity index (χ3n) is 3.70. The van der Waals surface area contributed by atoms with E-state index in [0.29, 0.717) is 6.04 Å². The summed E-state index contributed by atoms with van der Waals surface area (Å²) in [5, 5.41) is 3.45. The molecule has 2 aromatic heterocycles. The molecule has 1 N–H and O–H groups in total. The van der Waals surface area contributed by atoms with Crippen molar-refractivity contribution in [2.24, 2.45) is 0 Å². The van der Waals surface area contributed by atoms with Gasteiger partial charge in [-0.25, -0.2) is 19.9 Å². The van der Waals surface area contributed by atoms with E-state index in [1.807, 2.05) is 37.5 Å². The molecule has 0 bridgehead atoms. The van der Waals surface area contributed by atoms with E-state index in [9.17, 15) is 0 Å². The molecule has 1 aliphatic heterocycles. The molecule has 0 aliphatic carbocycles. The largest absolute Gasteiger partial charge is 0.366 e. The number of anilines is 2. The lowest BCUT2D eigenvalue weighted by molar-refractivity contribution is 0.328. The summed E-state index contributed by atoms with van der Waals surface area (Å²) in [5.41, 5.74) is 1.15. The Morgan fingerprint density at radius 2 is 2.09 bits per heavy atom. The zero-order valence-electron chi connectivity index (χ0n) is 13.0. The first kappa shape index (κ1) is 14.6. The van der Waals surface area contributed by atoms with Crippen LogP contribution in [0.2, 0.25) is 0 Å². The van der Waals surface area contributed by atoms with Crippen LogP contribution in [-0.2, 0) is 6.54 Å². The molecule has 1 atom stereocenters. The molecular formula is C15H21N7. The first-order chi connectivity index (χ1) is 10.7. The quantitative estimate of drug-likeness (QED) is 0.884. The highest BCUT2D eigenvalue weighted by Gasteiger charge is 2.22. The molecule has 22 heavy (non-hydrogen) atoms. The summed E-state index contributed by atoms with van der Waals surface area (Å²) in [6.07, 6.45) is 8.26. The van der Waals surface area contributed by atoms with Crippen LogP contribution in [0.15, 0.2) is 31.0 Å². The molecule has 0 aromatic carbocycles. The predicted molar refractivity (Wildman–Crippen MR) is 85.7 cm³/mol. The van der Waals surface area contributed by atoms with E-state index in [1.165, 1.54) is 0 Å². The van der Waals surface area contributed by atoms with E-state index >= 15 is 0 Å². The Labute approximate surface area is 130 Å². The standard InChI is InChI=1S/C15H21N7/c1-21(2)15-17-7-12(8-18-15)9-22-6-4-13(10-22)20-14-3-5-16-11-19-14/h3,5,7-8,11,13H,4,6,9-10H2,1-2H3,(H,16,19,20). The average Bonchev–Trinajstić information content (AvgIpc) is 2.96. The molecule has 0 amide bonds. The van der Waals surface area contributed by atoms with Crippen LogP contribution in [0.4, 0.5) is 11.8 Å². The molecule has 7 nitrogen and oxygen atoms in total. The van der Waals surface area contributed by atoms with Crippen LogP contribution < -0.4 is 10.2 Å². The first-order valence-corrected chi connectivity index (χ1v) is 7.44. The molecule has 0 spiro atoms. The predicted octanol–water partition coefficient (Wildman–Crippen LogP) is 1.02. The Bertz CT molecular complexity index is 585. The summed E-state index contributed by atoms with van der Waals surface area (Å²) >= 11 is 0. The maximum absolute atomic E-state index is 4.36. The van der Waals surface area contributed by atoms with Crippen molar-refractivity contribution in [3.8, 4) is 0 Å². The highest BCUT2D eigenvalue weighted by atomic mass is 15.2. The molecule has 7 heteroatoms. The number of likely N-dealkylation sites (tertiary alicyclic amines) is 1. The normalized spacial score (nSPS) is 18.4. The van der Waals surface area contributed by atoms with Gasteiger partial charge in [0.2, 0.25) is 5.95 Å². The van der Waals surface area contributed by atoms with Gasteiger partial charge in [-0.3, -0.25) is 4.90 Å².